The summed E-state index contributed by atoms with van der Waals surface area (Å²) in [5.41, 5.74) is 0. The second-order valence-electron chi connectivity index (χ2n) is 2.61. The van der Waals surface area contributed by atoms with Crippen LogP contribution in [0, 0.1) is 5.92 Å². The Morgan fingerprint density at radius 2 is 2.45 bits per heavy atom. The Hall–Kier alpha value is -1.03. The van der Waals surface area contributed by atoms with E-state index in [1.54, 1.807) is 6.92 Å². The van der Waals surface area contributed by atoms with Gasteiger partial charge in [-0.3, -0.25) is 0 Å². The van der Waals surface area contributed by atoms with Crippen molar-refractivity contribution in [2.75, 3.05) is 6.61 Å². The molecule has 0 saturated heterocycles. The van der Waals surface area contributed by atoms with Crippen LogP contribution in [0.1, 0.15) is 6.92 Å². The first-order valence-electron chi connectivity index (χ1n) is 3.37. The molecule has 4 nitrogen and oxygen atoms in total. The molecule has 0 fully saturated rings. The van der Waals surface area contributed by atoms with E-state index in [0.29, 0.717) is 0 Å². The van der Waals surface area contributed by atoms with Gasteiger partial charge in [-0.2, -0.15) is 0 Å². The van der Waals surface area contributed by atoms with Crippen molar-refractivity contribution in [3.05, 3.63) is 11.8 Å². The van der Waals surface area contributed by atoms with Crippen LogP contribution in [-0.2, 0) is 9.53 Å². The predicted molar refractivity (Wildman–Crippen MR) is 36.8 cm³/mol. The number of carbonyl (C=O) groups is 1. The third-order valence-electron chi connectivity index (χ3n) is 1.62. The molecule has 11 heavy (non-hydrogen) atoms. The third-order valence-corrected chi connectivity index (χ3v) is 1.62. The van der Waals surface area contributed by atoms with Crippen molar-refractivity contribution in [1.82, 2.24) is 0 Å². The number of aliphatic carboxylic acids is 1. The Bertz CT molecular complexity index is 197. The van der Waals surface area contributed by atoms with E-state index in [1.807, 2.05) is 0 Å². The molecule has 0 saturated carbocycles. The number of hydrogen-bond donors (Lipinski definition) is 2. The van der Waals surface area contributed by atoms with Crippen LogP contribution in [-0.4, -0.2) is 28.9 Å². The number of hydrogen-bond acceptors (Lipinski definition) is 3. The highest BCUT2D eigenvalue weighted by Crippen LogP contribution is 2.15. The number of aliphatic hydroxyl groups is 1. The van der Waals surface area contributed by atoms with Gasteiger partial charge in [-0.15, -0.1) is 0 Å². The highest BCUT2D eigenvalue weighted by molar-refractivity contribution is 5.84. The van der Waals surface area contributed by atoms with Gasteiger partial charge in [-0.05, 0) is 6.08 Å². The lowest BCUT2D eigenvalue weighted by Gasteiger charge is -2.22. The second kappa shape index (κ2) is 2.92. The third kappa shape index (κ3) is 1.71. The number of rotatable bonds is 1. The van der Waals surface area contributed by atoms with Crippen molar-refractivity contribution >= 4 is 5.97 Å². The molecule has 1 rings (SSSR count). The van der Waals surface area contributed by atoms with Gasteiger partial charge in [0.15, 0.2) is 0 Å². The Morgan fingerprint density at radius 3 is 2.91 bits per heavy atom. The minimum atomic E-state index is -1.13. The maximum absolute atomic E-state index is 10.3. The van der Waals surface area contributed by atoms with Crippen LogP contribution < -0.4 is 0 Å². The zero-order valence-corrected chi connectivity index (χ0v) is 6.15. The molecule has 0 aliphatic carbocycles. The van der Waals surface area contributed by atoms with Crippen LogP contribution in [0.25, 0.3) is 0 Å². The lowest BCUT2D eigenvalue weighted by molar-refractivity contribution is -0.137. The molecule has 0 aromatic carbocycles. The standard InChI is InChI=1S/C7H10O4/c1-4-3-11-6(7(9)10)2-5(4)8/h2,4-5,8H,3H2,1H3,(H,9,10)/t4?,5-/m1/s1. The largest absolute Gasteiger partial charge is 0.486 e. The number of ether oxygens (including phenoxy) is 1. The number of carboxylic acids is 1. The fraction of sp³-hybridized carbons (Fsp3) is 0.571. The van der Waals surface area contributed by atoms with E-state index in [1.165, 1.54) is 6.08 Å². The topological polar surface area (TPSA) is 66.8 Å². The quantitative estimate of drug-likeness (QED) is 0.563. The maximum Gasteiger partial charge on any atom is 0.370 e. The molecular formula is C7H10O4. The molecule has 2 atom stereocenters. The van der Waals surface area contributed by atoms with E-state index in [0.717, 1.165) is 0 Å². The summed E-state index contributed by atoms with van der Waals surface area (Å²) in [6.45, 7) is 2.05. The lowest BCUT2D eigenvalue weighted by atomic mass is 10.0. The zero-order chi connectivity index (χ0) is 8.43. The smallest absolute Gasteiger partial charge is 0.370 e. The lowest BCUT2D eigenvalue weighted by Crippen LogP contribution is -2.27. The number of aliphatic hydroxyl groups excluding tert-OH is 1. The average Bonchev–Trinajstić information content (AvgIpc) is 1.94. The summed E-state index contributed by atoms with van der Waals surface area (Å²) >= 11 is 0. The van der Waals surface area contributed by atoms with E-state index >= 15 is 0 Å². The number of carboxylic acid groups (broad SMARTS) is 1. The molecular weight excluding hydrogens is 148 g/mol. The fourth-order valence-corrected chi connectivity index (χ4v) is 0.820. The van der Waals surface area contributed by atoms with Crippen molar-refractivity contribution in [1.29, 1.82) is 0 Å². The zero-order valence-electron chi connectivity index (χ0n) is 6.15. The molecule has 0 aromatic heterocycles. The minimum Gasteiger partial charge on any atom is -0.486 e. The second-order valence-corrected chi connectivity index (χ2v) is 2.61. The molecule has 1 aliphatic heterocycles. The Morgan fingerprint density at radius 1 is 1.82 bits per heavy atom. The van der Waals surface area contributed by atoms with E-state index < -0.39 is 12.1 Å². The molecule has 1 unspecified atom stereocenters. The fourth-order valence-electron chi connectivity index (χ4n) is 0.820. The van der Waals surface area contributed by atoms with Crippen molar-refractivity contribution in [2.45, 2.75) is 13.0 Å². The van der Waals surface area contributed by atoms with Gasteiger partial charge in [0.1, 0.15) is 0 Å². The SMILES string of the molecule is CC1COC(C(=O)O)=C[C@H]1O. The van der Waals surface area contributed by atoms with Crippen LogP contribution in [0.3, 0.4) is 0 Å². The normalized spacial score (nSPS) is 30.5. The summed E-state index contributed by atoms with van der Waals surface area (Å²) in [5.74, 6) is -1.32. The summed E-state index contributed by atoms with van der Waals surface area (Å²) in [6, 6.07) is 0. The summed E-state index contributed by atoms with van der Waals surface area (Å²) in [6.07, 6.45) is 0.520. The molecule has 0 radical (unpaired) electrons. The van der Waals surface area contributed by atoms with Gasteiger partial charge in [0.2, 0.25) is 5.76 Å². The van der Waals surface area contributed by atoms with E-state index in [-0.39, 0.29) is 18.3 Å². The monoisotopic (exact) mass is 158 g/mol. The van der Waals surface area contributed by atoms with Gasteiger partial charge in [0.25, 0.3) is 0 Å². The first kappa shape index (κ1) is 8.07. The summed E-state index contributed by atoms with van der Waals surface area (Å²) in [5, 5.41) is 17.6. The molecule has 1 aliphatic rings. The van der Waals surface area contributed by atoms with E-state index in [4.69, 9.17) is 9.84 Å². The predicted octanol–water partition coefficient (Wildman–Crippen LogP) is -0.0179. The van der Waals surface area contributed by atoms with Crippen molar-refractivity contribution in [3.63, 3.8) is 0 Å². The molecule has 1 heterocycles. The average molecular weight is 158 g/mol. The van der Waals surface area contributed by atoms with Crippen LogP contribution in [0.15, 0.2) is 11.8 Å². The summed E-state index contributed by atoms with van der Waals surface area (Å²) in [4.78, 5) is 10.3. The first-order chi connectivity index (χ1) is 5.11. The van der Waals surface area contributed by atoms with E-state index in [9.17, 15) is 9.90 Å². The highest BCUT2D eigenvalue weighted by atomic mass is 16.5. The molecule has 2 N–H and O–H groups in total. The molecule has 0 spiro atoms. The van der Waals surface area contributed by atoms with Gasteiger partial charge < -0.3 is 14.9 Å². The molecule has 0 aromatic rings. The minimum absolute atomic E-state index is 0.0295. The van der Waals surface area contributed by atoms with Crippen molar-refractivity contribution in [3.8, 4) is 0 Å². The van der Waals surface area contributed by atoms with Crippen LogP contribution in [0.2, 0.25) is 0 Å². The Balaban J connectivity index is 2.71. The maximum atomic E-state index is 10.3. The van der Waals surface area contributed by atoms with Crippen molar-refractivity contribution in [2.24, 2.45) is 5.92 Å². The summed E-state index contributed by atoms with van der Waals surface area (Å²) < 4.78 is 4.82. The molecule has 0 bridgehead atoms. The Labute approximate surface area is 64.1 Å². The van der Waals surface area contributed by atoms with Crippen LogP contribution in [0.4, 0.5) is 0 Å². The van der Waals surface area contributed by atoms with Crippen molar-refractivity contribution < 1.29 is 19.7 Å². The van der Waals surface area contributed by atoms with Gasteiger partial charge in [0.05, 0.1) is 12.7 Å². The highest BCUT2D eigenvalue weighted by Gasteiger charge is 2.23. The van der Waals surface area contributed by atoms with Gasteiger partial charge >= 0.3 is 5.97 Å². The van der Waals surface area contributed by atoms with Gasteiger partial charge in [-0.1, -0.05) is 6.92 Å². The van der Waals surface area contributed by atoms with E-state index in [2.05, 4.69) is 0 Å². The molecule has 4 heteroatoms. The van der Waals surface area contributed by atoms with Crippen LogP contribution >= 0.6 is 0 Å². The summed E-state index contributed by atoms with van der Waals surface area (Å²) in [7, 11) is 0. The first-order valence-corrected chi connectivity index (χ1v) is 3.37. The van der Waals surface area contributed by atoms with Gasteiger partial charge in [-0.25, -0.2) is 4.79 Å². The van der Waals surface area contributed by atoms with Crippen LogP contribution in [0.5, 0.6) is 0 Å². The van der Waals surface area contributed by atoms with Gasteiger partial charge in [0, 0.05) is 5.92 Å². The molecule has 0 amide bonds. The Kier molecular flexibility index (Phi) is 2.14. The molecule has 62 valence electrons.